The lowest BCUT2D eigenvalue weighted by molar-refractivity contribution is -0.255. The maximum absolute atomic E-state index is 12.9. The second kappa shape index (κ2) is 8.36. The van der Waals surface area contributed by atoms with Crippen LogP contribution >= 0.6 is 0 Å². The number of hydrogen-bond donors (Lipinski definition) is 2. The van der Waals surface area contributed by atoms with Crippen LogP contribution in [0.1, 0.15) is 28.4 Å². The van der Waals surface area contributed by atoms with E-state index < -0.39 is 33.8 Å². The summed E-state index contributed by atoms with van der Waals surface area (Å²) in [6.45, 7) is 4.43. The number of benzene rings is 2. The molecule has 1 atom stereocenters. The molecule has 0 bridgehead atoms. The van der Waals surface area contributed by atoms with Gasteiger partial charge in [-0.1, -0.05) is 0 Å². The van der Waals surface area contributed by atoms with E-state index in [0.29, 0.717) is 11.1 Å². The zero-order chi connectivity index (χ0) is 21.1. The van der Waals surface area contributed by atoms with Gasteiger partial charge in [0.25, 0.3) is 15.9 Å². The number of nitrogens with one attached hydrogen (secondary N) is 2. The molecule has 0 fully saturated rings. The Morgan fingerprint density at radius 1 is 1.14 bits per heavy atom. The third-order valence-electron chi connectivity index (χ3n) is 3.95. The lowest BCUT2D eigenvalue weighted by atomic mass is 10.1. The van der Waals surface area contributed by atoms with E-state index in [1.54, 1.807) is 6.92 Å². The third kappa shape index (κ3) is 5.05. The lowest BCUT2D eigenvalue weighted by Crippen LogP contribution is -2.47. The number of rotatable bonds is 7. The Balaban J connectivity index is 2.11. The van der Waals surface area contributed by atoms with Crippen molar-refractivity contribution in [1.29, 1.82) is 0 Å². The topological polar surface area (TPSA) is 125 Å². The molecule has 8 nitrogen and oxygen atoms in total. The van der Waals surface area contributed by atoms with Crippen molar-refractivity contribution in [2.75, 3.05) is 0 Å². The van der Waals surface area contributed by atoms with Gasteiger partial charge in [0.1, 0.15) is 11.6 Å². The fourth-order valence-corrected chi connectivity index (χ4v) is 3.46. The highest BCUT2D eigenvalue weighted by atomic mass is 32.2. The lowest BCUT2D eigenvalue weighted by Gasteiger charge is -2.17. The molecule has 0 aliphatic carbocycles. The number of sulfonamides is 1. The number of halogens is 1. The van der Waals surface area contributed by atoms with Crippen LogP contribution < -0.4 is 20.1 Å². The Morgan fingerprint density at radius 3 is 2.32 bits per heavy atom. The van der Waals surface area contributed by atoms with Gasteiger partial charge in [-0.05, 0) is 73.9 Å². The minimum Gasteiger partial charge on any atom is -0.545 e. The van der Waals surface area contributed by atoms with Crippen molar-refractivity contribution < 1.29 is 32.2 Å². The van der Waals surface area contributed by atoms with Gasteiger partial charge in [0, 0.05) is 0 Å². The van der Waals surface area contributed by atoms with Crippen LogP contribution in [0.4, 0.5) is 4.39 Å². The van der Waals surface area contributed by atoms with E-state index >= 15 is 0 Å². The largest absolute Gasteiger partial charge is 0.545 e. The predicted octanol–water partition coefficient (Wildman–Crippen LogP) is 0.583. The zero-order valence-corrected chi connectivity index (χ0v) is 16.1. The number of carboxylic acids is 1. The van der Waals surface area contributed by atoms with Crippen LogP contribution in [0.2, 0.25) is 0 Å². The summed E-state index contributed by atoms with van der Waals surface area (Å²) in [6, 6.07) is 7.18. The number of carboxylic acid groups (broad SMARTS) is 1. The van der Waals surface area contributed by atoms with E-state index in [0.717, 1.165) is 18.2 Å². The molecule has 2 N–H and O–H groups in total. The minimum atomic E-state index is -4.25. The fourth-order valence-electron chi connectivity index (χ4n) is 2.27. The summed E-state index contributed by atoms with van der Waals surface area (Å²) in [4.78, 5) is 24.7. The smallest absolute Gasteiger partial charge is 0.275 e. The number of amides is 1. The van der Waals surface area contributed by atoms with Crippen LogP contribution in [-0.2, 0) is 14.8 Å². The third-order valence-corrected chi connectivity index (χ3v) is 5.32. The van der Waals surface area contributed by atoms with Crippen molar-refractivity contribution in [3.8, 4) is 5.75 Å². The van der Waals surface area contributed by atoms with E-state index in [4.69, 9.17) is 4.74 Å². The van der Waals surface area contributed by atoms with Crippen molar-refractivity contribution in [1.82, 2.24) is 10.3 Å². The average molecular weight is 409 g/mol. The molecule has 1 amide bonds. The number of hydrogen-bond acceptors (Lipinski definition) is 6. The first-order valence-corrected chi connectivity index (χ1v) is 9.56. The molecule has 150 valence electrons. The van der Waals surface area contributed by atoms with Gasteiger partial charge in [-0.2, -0.15) is 0 Å². The Bertz CT molecular complexity index is 1010. The maximum atomic E-state index is 12.9. The maximum Gasteiger partial charge on any atom is 0.275 e. The zero-order valence-electron chi connectivity index (χ0n) is 15.3. The van der Waals surface area contributed by atoms with Crippen molar-refractivity contribution in [2.45, 2.75) is 31.8 Å². The second-order valence-corrected chi connectivity index (χ2v) is 7.66. The van der Waals surface area contributed by atoms with Crippen molar-refractivity contribution in [2.24, 2.45) is 0 Å². The van der Waals surface area contributed by atoms with Crippen LogP contribution in [0.3, 0.4) is 0 Å². The predicted molar refractivity (Wildman–Crippen MR) is 95.2 cm³/mol. The highest BCUT2D eigenvalue weighted by Gasteiger charge is 2.22. The first kappa shape index (κ1) is 21.3. The van der Waals surface area contributed by atoms with Crippen LogP contribution in [0.25, 0.3) is 0 Å². The van der Waals surface area contributed by atoms with Gasteiger partial charge in [-0.25, -0.2) is 12.8 Å². The second-order valence-electron chi connectivity index (χ2n) is 6.01. The first-order chi connectivity index (χ1) is 13.0. The van der Waals surface area contributed by atoms with Gasteiger partial charge < -0.3 is 14.6 Å². The Kier molecular flexibility index (Phi) is 6.37. The van der Waals surface area contributed by atoms with Crippen LogP contribution in [0.5, 0.6) is 5.75 Å². The molecule has 28 heavy (non-hydrogen) atoms. The quantitative estimate of drug-likeness (QED) is 0.645. The fraction of sp³-hybridized carbons (Fsp3) is 0.222. The molecule has 0 heterocycles. The normalized spacial score (nSPS) is 12.3. The Labute approximate surface area is 161 Å². The van der Waals surface area contributed by atoms with Gasteiger partial charge in [0.05, 0.1) is 10.9 Å². The van der Waals surface area contributed by atoms with Gasteiger partial charge in [-0.3, -0.25) is 10.2 Å². The van der Waals surface area contributed by atoms with Crippen LogP contribution in [0.15, 0.2) is 41.3 Å². The Hall–Kier alpha value is -2.98. The summed E-state index contributed by atoms with van der Waals surface area (Å²) >= 11 is 0. The summed E-state index contributed by atoms with van der Waals surface area (Å²) in [5, 5.41) is 11.1. The summed E-state index contributed by atoms with van der Waals surface area (Å²) in [5.41, 5.74) is 2.46. The number of carbonyl (C=O) groups is 2. The summed E-state index contributed by atoms with van der Waals surface area (Å²) in [5.74, 6) is -2.58. The van der Waals surface area contributed by atoms with E-state index in [-0.39, 0.29) is 16.2 Å². The number of aryl methyl sites for hydroxylation is 1. The molecule has 0 aromatic heterocycles. The van der Waals surface area contributed by atoms with Gasteiger partial charge in [-0.15, -0.1) is 4.83 Å². The summed E-state index contributed by atoms with van der Waals surface area (Å²) in [7, 11) is -4.25. The van der Waals surface area contributed by atoms with Crippen molar-refractivity contribution in [3.63, 3.8) is 0 Å². The monoisotopic (exact) mass is 409 g/mol. The SMILES string of the molecule is Cc1cc(C(=O)[O-])cc(S(=O)(=O)NNC(=O)[C@H](C)Oc2ccc(F)cc2)c1C. The van der Waals surface area contributed by atoms with Crippen molar-refractivity contribution >= 4 is 21.9 Å². The van der Waals surface area contributed by atoms with E-state index in [2.05, 4.69) is 0 Å². The van der Waals surface area contributed by atoms with Gasteiger partial charge >= 0.3 is 0 Å². The van der Waals surface area contributed by atoms with Gasteiger partial charge in [0.2, 0.25) is 0 Å². The van der Waals surface area contributed by atoms with Gasteiger partial charge in [0.15, 0.2) is 6.10 Å². The molecular formula is C18H18FN2O6S-. The molecule has 0 spiro atoms. The number of hydrazine groups is 1. The molecular weight excluding hydrogens is 391 g/mol. The highest BCUT2D eigenvalue weighted by Crippen LogP contribution is 2.20. The average Bonchev–Trinajstić information content (AvgIpc) is 2.63. The molecule has 2 rings (SSSR count). The molecule has 0 radical (unpaired) electrons. The number of carbonyl (C=O) groups excluding carboxylic acids is 2. The summed E-state index contributed by atoms with van der Waals surface area (Å²) in [6.07, 6.45) is -1.09. The van der Waals surface area contributed by atoms with E-state index in [9.17, 15) is 27.5 Å². The number of ether oxygens (including phenoxy) is 1. The Morgan fingerprint density at radius 2 is 1.75 bits per heavy atom. The molecule has 0 saturated heterocycles. The molecule has 0 saturated carbocycles. The molecule has 2 aromatic rings. The van der Waals surface area contributed by atoms with Crippen LogP contribution in [-0.4, -0.2) is 26.4 Å². The van der Waals surface area contributed by atoms with E-state index in [1.807, 2.05) is 10.3 Å². The molecule has 0 aliphatic rings. The minimum absolute atomic E-state index is 0.222. The highest BCUT2D eigenvalue weighted by molar-refractivity contribution is 7.89. The van der Waals surface area contributed by atoms with Crippen molar-refractivity contribution in [3.05, 3.63) is 58.9 Å². The number of aromatic carboxylic acids is 1. The molecule has 2 aromatic carbocycles. The van der Waals surface area contributed by atoms with E-state index in [1.165, 1.54) is 32.0 Å². The first-order valence-electron chi connectivity index (χ1n) is 8.07. The molecule has 10 heteroatoms. The summed E-state index contributed by atoms with van der Waals surface area (Å²) < 4.78 is 43.1. The van der Waals surface area contributed by atoms with Crippen LogP contribution in [0, 0.1) is 19.7 Å². The standard InChI is InChI=1S/C18H19FN2O6S/c1-10-8-13(18(23)24)9-16(11(10)2)28(25,26)21-20-17(22)12(3)27-15-6-4-14(19)5-7-15/h4-9,12,21H,1-3H3,(H,20,22)(H,23,24)/p-1/t12-/m0/s1. The molecule has 0 aliphatic heterocycles. The molecule has 0 unspecified atom stereocenters.